The Balaban J connectivity index is 1.63. The van der Waals surface area contributed by atoms with Crippen LogP contribution in [0.1, 0.15) is 24.2 Å². The van der Waals surface area contributed by atoms with E-state index in [1.54, 1.807) is 0 Å². The van der Waals surface area contributed by atoms with Gasteiger partial charge in [-0.3, -0.25) is 4.98 Å². The molecule has 0 fully saturated rings. The average molecular weight is 278 g/mol. The molecule has 4 heteroatoms. The normalized spacial score (nSPS) is 12.2. The Morgan fingerprint density at radius 1 is 1.10 bits per heavy atom. The Bertz CT molecular complexity index is 676. The zero-order valence-electron chi connectivity index (χ0n) is 12.0. The van der Waals surface area contributed by atoms with Crippen molar-refractivity contribution >= 4 is 0 Å². The third-order valence-electron chi connectivity index (χ3n) is 3.40. The third-order valence-corrected chi connectivity index (χ3v) is 3.40. The van der Waals surface area contributed by atoms with Gasteiger partial charge in [0.1, 0.15) is 0 Å². The molecule has 0 unspecified atom stereocenters. The Hall–Kier alpha value is -2.46. The Morgan fingerprint density at radius 2 is 1.90 bits per heavy atom. The molecule has 0 aliphatic rings. The average Bonchev–Trinajstić information content (AvgIpc) is 3.03. The molecule has 0 aliphatic carbocycles. The molecule has 1 atom stereocenters. The first kappa shape index (κ1) is 13.5. The van der Waals surface area contributed by atoms with E-state index < -0.39 is 0 Å². The van der Waals surface area contributed by atoms with Crippen molar-refractivity contribution in [3.05, 3.63) is 78.4 Å². The zero-order chi connectivity index (χ0) is 14.5. The summed E-state index contributed by atoms with van der Waals surface area (Å²) in [5.41, 5.74) is 3.27. The van der Waals surface area contributed by atoms with Gasteiger partial charge in [-0.2, -0.15) is 5.10 Å². The highest BCUT2D eigenvalue weighted by Crippen LogP contribution is 2.11. The highest BCUT2D eigenvalue weighted by Gasteiger charge is 2.06. The molecule has 0 spiro atoms. The first-order valence-electron chi connectivity index (χ1n) is 7.06. The number of para-hydroxylation sites is 1. The van der Waals surface area contributed by atoms with Gasteiger partial charge in [0.15, 0.2) is 0 Å². The third kappa shape index (κ3) is 3.35. The summed E-state index contributed by atoms with van der Waals surface area (Å²) in [6, 6.07) is 16.3. The molecule has 1 N–H and O–H groups in total. The minimum absolute atomic E-state index is 0.214. The summed E-state index contributed by atoms with van der Waals surface area (Å²) < 4.78 is 1.89. The maximum absolute atomic E-state index is 4.40. The van der Waals surface area contributed by atoms with Crippen molar-refractivity contribution in [1.29, 1.82) is 0 Å². The number of nitrogens with one attached hydrogen (secondary N) is 1. The van der Waals surface area contributed by atoms with E-state index in [1.165, 1.54) is 0 Å². The van der Waals surface area contributed by atoms with Gasteiger partial charge in [0.05, 0.1) is 17.6 Å². The number of pyridine rings is 1. The largest absolute Gasteiger partial charge is 0.305 e. The van der Waals surface area contributed by atoms with Crippen molar-refractivity contribution in [3.8, 4) is 5.69 Å². The van der Waals surface area contributed by atoms with Crippen LogP contribution in [0.15, 0.2) is 67.1 Å². The molecular weight excluding hydrogens is 260 g/mol. The molecule has 106 valence electrons. The predicted octanol–water partition coefficient (Wildman–Crippen LogP) is 3.12. The summed E-state index contributed by atoms with van der Waals surface area (Å²) in [5, 5.41) is 7.86. The molecule has 21 heavy (non-hydrogen) atoms. The molecule has 0 saturated carbocycles. The van der Waals surface area contributed by atoms with Crippen LogP contribution < -0.4 is 5.32 Å². The fourth-order valence-corrected chi connectivity index (χ4v) is 2.18. The van der Waals surface area contributed by atoms with Crippen LogP contribution in [-0.4, -0.2) is 14.8 Å². The minimum atomic E-state index is 0.214. The van der Waals surface area contributed by atoms with Crippen LogP contribution >= 0.6 is 0 Å². The molecule has 0 aliphatic heterocycles. The van der Waals surface area contributed by atoms with E-state index in [0.29, 0.717) is 0 Å². The molecule has 2 aromatic heterocycles. The van der Waals surface area contributed by atoms with E-state index in [2.05, 4.69) is 22.3 Å². The summed E-state index contributed by atoms with van der Waals surface area (Å²) in [4.78, 5) is 4.36. The molecular formula is C17H18N4. The smallest absolute Gasteiger partial charge is 0.0645 e. The number of hydrogen-bond donors (Lipinski definition) is 1. The molecule has 0 saturated heterocycles. The molecule has 0 amide bonds. The second-order valence-electron chi connectivity index (χ2n) is 4.99. The maximum atomic E-state index is 4.40. The lowest BCUT2D eigenvalue weighted by Crippen LogP contribution is -2.18. The number of benzene rings is 1. The van der Waals surface area contributed by atoms with Gasteiger partial charge in [-0.15, -0.1) is 0 Å². The maximum Gasteiger partial charge on any atom is 0.0645 e. The van der Waals surface area contributed by atoms with Gasteiger partial charge in [0, 0.05) is 30.5 Å². The van der Waals surface area contributed by atoms with Crippen molar-refractivity contribution < 1.29 is 0 Å². The Morgan fingerprint density at radius 3 is 2.67 bits per heavy atom. The number of hydrogen-bond acceptors (Lipinski definition) is 3. The number of aromatic nitrogens is 3. The second-order valence-corrected chi connectivity index (χ2v) is 4.99. The molecule has 2 heterocycles. The Labute approximate surface area is 124 Å². The van der Waals surface area contributed by atoms with Gasteiger partial charge in [-0.1, -0.05) is 24.3 Å². The molecule has 4 nitrogen and oxygen atoms in total. The quantitative estimate of drug-likeness (QED) is 0.779. The summed E-state index contributed by atoms with van der Waals surface area (Å²) in [5.74, 6) is 0. The van der Waals surface area contributed by atoms with Gasteiger partial charge < -0.3 is 5.32 Å². The lowest BCUT2D eigenvalue weighted by atomic mass is 10.2. The first-order valence-corrected chi connectivity index (χ1v) is 7.06. The topological polar surface area (TPSA) is 42.7 Å². The molecule has 3 rings (SSSR count). The monoisotopic (exact) mass is 278 g/mol. The minimum Gasteiger partial charge on any atom is -0.305 e. The fourth-order valence-electron chi connectivity index (χ4n) is 2.18. The van der Waals surface area contributed by atoms with Gasteiger partial charge in [0.25, 0.3) is 0 Å². The van der Waals surface area contributed by atoms with Crippen LogP contribution in [0.25, 0.3) is 5.69 Å². The Kier molecular flexibility index (Phi) is 4.07. The highest BCUT2D eigenvalue weighted by molar-refractivity contribution is 5.30. The van der Waals surface area contributed by atoms with Gasteiger partial charge in [-0.05, 0) is 31.2 Å². The van der Waals surface area contributed by atoms with Crippen molar-refractivity contribution in [1.82, 2.24) is 20.1 Å². The predicted molar refractivity (Wildman–Crippen MR) is 83.1 cm³/mol. The van der Waals surface area contributed by atoms with Crippen LogP contribution in [0.5, 0.6) is 0 Å². The van der Waals surface area contributed by atoms with E-state index in [1.807, 2.05) is 71.8 Å². The van der Waals surface area contributed by atoms with E-state index >= 15 is 0 Å². The van der Waals surface area contributed by atoms with E-state index in [9.17, 15) is 0 Å². The molecule has 3 aromatic rings. The zero-order valence-corrected chi connectivity index (χ0v) is 12.0. The highest BCUT2D eigenvalue weighted by atomic mass is 15.3. The van der Waals surface area contributed by atoms with Gasteiger partial charge in [-0.25, -0.2) is 4.68 Å². The van der Waals surface area contributed by atoms with Crippen molar-refractivity contribution in [2.24, 2.45) is 0 Å². The van der Waals surface area contributed by atoms with Crippen LogP contribution in [-0.2, 0) is 6.54 Å². The lowest BCUT2D eigenvalue weighted by molar-refractivity contribution is 0.561. The summed E-state index contributed by atoms with van der Waals surface area (Å²) in [6.45, 7) is 2.88. The van der Waals surface area contributed by atoms with Gasteiger partial charge >= 0.3 is 0 Å². The second kappa shape index (κ2) is 6.33. The SMILES string of the molecule is C[C@@H](NCc1cnn(-c2ccccc2)c1)c1ccccn1. The van der Waals surface area contributed by atoms with E-state index in [4.69, 9.17) is 0 Å². The molecule has 0 radical (unpaired) electrons. The fraction of sp³-hybridized carbons (Fsp3) is 0.176. The molecule has 0 bridgehead atoms. The van der Waals surface area contributed by atoms with Crippen molar-refractivity contribution in [2.75, 3.05) is 0 Å². The van der Waals surface area contributed by atoms with Gasteiger partial charge in [0.2, 0.25) is 0 Å². The lowest BCUT2D eigenvalue weighted by Gasteiger charge is -2.12. The van der Waals surface area contributed by atoms with Crippen LogP contribution in [0.4, 0.5) is 0 Å². The van der Waals surface area contributed by atoms with E-state index in [-0.39, 0.29) is 6.04 Å². The summed E-state index contributed by atoms with van der Waals surface area (Å²) >= 11 is 0. The van der Waals surface area contributed by atoms with E-state index in [0.717, 1.165) is 23.5 Å². The van der Waals surface area contributed by atoms with Crippen LogP contribution in [0.2, 0.25) is 0 Å². The molecule has 1 aromatic carbocycles. The van der Waals surface area contributed by atoms with Crippen molar-refractivity contribution in [2.45, 2.75) is 19.5 Å². The summed E-state index contributed by atoms with van der Waals surface area (Å²) in [6.07, 6.45) is 5.76. The standard InChI is InChI=1S/C17H18N4/c1-14(17-9-5-6-10-18-17)19-11-15-12-20-21(13-15)16-7-3-2-4-8-16/h2-10,12-14,19H,11H2,1H3/t14-/m1/s1. The van der Waals surface area contributed by atoms with Crippen LogP contribution in [0, 0.1) is 0 Å². The number of rotatable bonds is 5. The summed E-state index contributed by atoms with van der Waals surface area (Å²) in [7, 11) is 0. The first-order chi connectivity index (χ1) is 10.3. The number of nitrogens with zero attached hydrogens (tertiary/aromatic N) is 3. The van der Waals surface area contributed by atoms with Crippen molar-refractivity contribution in [3.63, 3.8) is 0 Å². The van der Waals surface area contributed by atoms with Crippen LogP contribution in [0.3, 0.4) is 0 Å².